The first-order valence-electron chi connectivity index (χ1n) is 9.04. The normalized spacial score (nSPS) is 11.5. The molecule has 1 rings (SSSR count). The molecule has 0 aliphatic carbocycles. The summed E-state index contributed by atoms with van der Waals surface area (Å²) in [6, 6.07) is 3.60. The lowest BCUT2D eigenvalue weighted by Gasteiger charge is -2.13. The van der Waals surface area contributed by atoms with Crippen LogP contribution in [0, 0.1) is 12.8 Å². The minimum absolute atomic E-state index is 0.171. The van der Waals surface area contributed by atoms with Crippen molar-refractivity contribution in [3.63, 3.8) is 0 Å². The van der Waals surface area contributed by atoms with E-state index in [1.165, 1.54) is 0 Å². The zero-order valence-electron chi connectivity index (χ0n) is 16.4. The number of unbranched alkanes of at least 4 members (excludes halogenated alkanes) is 2. The van der Waals surface area contributed by atoms with Crippen molar-refractivity contribution in [3.8, 4) is 11.5 Å². The van der Waals surface area contributed by atoms with Gasteiger partial charge in [0, 0.05) is 6.07 Å². The number of halogens is 3. The summed E-state index contributed by atoms with van der Waals surface area (Å²) in [6.07, 6.45) is 4.42. The maximum absolute atomic E-state index is 6.31. The van der Waals surface area contributed by atoms with E-state index in [9.17, 15) is 0 Å². The number of oxime groups is 1. The first kappa shape index (κ1) is 23.9. The summed E-state index contributed by atoms with van der Waals surface area (Å²) in [7, 11) is 0. The van der Waals surface area contributed by atoms with Crippen LogP contribution in [0.25, 0.3) is 0 Å². The molecule has 0 aliphatic rings. The minimum atomic E-state index is 0.171. The van der Waals surface area contributed by atoms with Crippen LogP contribution in [-0.2, 0) is 4.84 Å². The standard InChI is InChI=1S/C20H28Cl3NO3/c1-14(2)16(4)24-27-10-7-5-6-9-26-20-15(3)12-17(13-18(20)21)25-11-8-19(22)23/h8,12-14H,5-7,9-11H2,1-4H3. The molecule has 0 aromatic heterocycles. The number of rotatable bonds is 12. The van der Waals surface area contributed by atoms with Gasteiger partial charge in [-0.3, -0.25) is 0 Å². The van der Waals surface area contributed by atoms with Gasteiger partial charge in [-0.2, -0.15) is 0 Å². The van der Waals surface area contributed by atoms with Gasteiger partial charge in [-0.1, -0.05) is 53.8 Å². The third kappa shape index (κ3) is 10.1. The van der Waals surface area contributed by atoms with Crippen LogP contribution in [0.3, 0.4) is 0 Å². The Bertz CT molecular complexity index is 618. The van der Waals surface area contributed by atoms with E-state index in [4.69, 9.17) is 49.1 Å². The average molecular weight is 437 g/mol. The molecule has 7 heteroatoms. The summed E-state index contributed by atoms with van der Waals surface area (Å²) in [4.78, 5) is 5.31. The van der Waals surface area contributed by atoms with Gasteiger partial charge >= 0.3 is 0 Å². The molecular weight excluding hydrogens is 409 g/mol. The van der Waals surface area contributed by atoms with Crippen LogP contribution >= 0.6 is 34.8 Å². The van der Waals surface area contributed by atoms with Crippen molar-refractivity contribution in [2.24, 2.45) is 11.1 Å². The third-order valence-corrected chi connectivity index (χ3v) is 4.45. The zero-order valence-corrected chi connectivity index (χ0v) is 18.6. The number of nitrogens with zero attached hydrogens (tertiary/aromatic N) is 1. The topological polar surface area (TPSA) is 40.0 Å². The van der Waals surface area contributed by atoms with Gasteiger partial charge in [0.25, 0.3) is 0 Å². The molecule has 0 radical (unpaired) electrons. The molecule has 152 valence electrons. The van der Waals surface area contributed by atoms with Crippen molar-refractivity contribution in [1.29, 1.82) is 0 Å². The van der Waals surface area contributed by atoms with E-state index in [2.05, 4.69) is 19.0 Å². The van der Waals surface area contributed by atoms with Crippen LogP contribution in [0.15, 0.2) is 27.9 Å². The van der Waals surface area contributed by atoms with E-state index < -0.39 is 0 Å². The smallest absolute Gasteiger partial charge is 0.141 e. The van der Waals surface area contributed by atoms with E-state index in [-0.39, 0.29) is 11.1 Å². The average Bonchev–Trinajstić information content (AvgIpc) is 2.58. The predicted molar refractivity (Wildman–Crippen MR) is 115 cm³/mol. The molecule has 0 fully saturated rings. The van der Waals surface area contributed by atoms with Crippen molar-refractivity contribution in [2.75, 3.05) is 19.8 Å². The highest BCUT2D eigenvalue weighted by atomic mass is 35.5. The molecule has 0 spiro atoms. The SMILES string of the molecule is CC(=NOCCCCCOc1c(C)cc(OCC=C(Cl)Cl)cc1Cl)C(C)C. The summed E-state index contributed by atoms with van der Waals surface area (Å²) in [5.41, 5.74) is 1.93. The Balaban J connectivity index is 2.32. The van der Waals surface area contributed by atoms with Gasteiger partial charge in [0.05, 0.1) is 17.3 Å². The number of benzene rings is 1. The zero-order chi connectivity index (χ0) is 20.2. The lowest BCUT2D eigenvalue weighted by molar-refractivity contribution is 0.137. The number of hydrogen-bond donors (Lipinski definition) is 0. The van der Waals surface area contributed by atoms with E-state index in [1.54, 1.807) is 12.1 Å². The molecule has 0 amide bonds. The van der Waals surface area contributed by atoms with Crippen LogP contribution < -0.4 is 9.47 Å². The predicted octanol–water partition coefficient (Wildman–Crippen LogP) is 6.94. The van der Waals surface area contributed by atoms with Crippen LogP contribution in [0.2, 0.25) is 5.02 Å². The number of aryl methyl sites for hydroxylation is 1. The Labute approximate surface area is 177 Å². The van der Waals surface area contributed by atoms with Gasteiger partial charge in [-0.05, 0) is 56.7 Å². The molecule has 0 saturated heterocycles. The van der Waals surface area contributed by atoms with Crippen molar-refractivity contribution >= 4 is 40.5 Å². The van der Waals surface area contributed by atoms with E-state index in [1.807, 2.05) is 19.9 Å². The summed E-state index contributed by atoms with van der Waals surface area (Å²) in [6.45, 7) is 9.60. The molecule has 1 aromatic carbocycles. The van der Waals surface area contributed by atoms with Gasteiger partial charge in [-0.15, -0.1) is 0 Å². The summed E-state index contributed by atoms with van der Waals surface area (Å²) in [5.74, 6) is 1.74. The molecule has 27 heavy (non-hydrogen) atoms. The van der Waals surface area contributed by atoms with Crippen molar-refractivity contribution < 1.29 is 14.3 Å². The van der Waals surface area contributed by atoms with Crippen LogP contribution in [0.4, 0.5) is 0 Å². The summed E-state index contributed by atoms with van der Waals surface area (Å²) >= 11 is 17.4. The molecule has 1 aromatic rings. The molecule has 0 atom stereocenters. The molecular formula is C20H28Cl3NO3. The summed E-state index contributed by atoms with van der Waals surface area (Å²) < 4.78 is 11.5. The third-order valence-electron chi connectivity index (χ3n) is 3.86. The van der Waals surface area contributed by atoms with Crippen molar-refractivity contribution in [1.82, 2.24) is 0 Å². The van der Waals surface area contributed by atoms with E-state index in [0.717, 1.165) is 30.5 Å². The van der Waals surface area contributed by atoms with E-state index in [0.29, 0.717) is 35.7 Å². The molecule has 0 heterocycles. The second-order valence-electron chi connectivity index (χ2n) is 6.49. The van der Waals surface area contributed by atoms with Crippen molar-refractivity contribution in [3.05, 3.63) is 33.3 Å². The molecule has 0 aliphatic heterocycles. The maximum atomic E-state index is 6.31. The monoisotopic (exact) mass is 435 g/mol. The fourth-order valence-electron chi connectivity index (χ4n) is 2.04. The van der Waals surface area contributed by atoms with Gasteiger partial charge < -0.3 is 14.3 Å². The van der Waals surface area contributed by atoms with Gasteiger partial charge in [0.15, 0.2) is 0 Å². The Morgan fingerprint density at radius 2 is 1.81 bits per heavy atom. The highest BCUT2D eigenvalue weighted by Gasteiger charge is 2.09. The molecule has 0 saturated carbocycles. The Morgan fingerprint density at radius 1 is 1.11 bits per heavy atom. The second kappa shape index (κ2) is 13.1. The first-order valence-corrected chi connectivity index (χ1v) is 10.2. The fraction of sp³-hybridized carbons (Fsp3) is 0.550. The van der Waals surface area contributed by atoms with Crippen molar-refractivity contribution in [2.45, 2.75) is 47.0 Å². The van der Waals surface area contributed by atoms with Gasteiger partial charge in [0.1, 0.15) is 29.2 Å². The Hall–Kier alpha value is -1.10. The van der Waals surface area contributed by atoms with Crippen LogP contribution in [-0.4, -0.2) is 25.5 Å². The lowest BCUT2D eigenvalue weighted by Crippen LogP contribution is -2.04. The number of hydrogen-bond acceptors (Lipinski definition) is 4. The quantitative estimate of drug-likeness (QED) is 0.202. The number of ether oxygens (including phenoxy) is 2. The first-order chi connectivity index (χ1) is 12.8. The second-order valence-corrected chi connectivity index (χ2v) is 7.90. The van der Waals surface area contributed by atoms with Crippen LogP contribution in [0.5, 0.6) is 11.5 Å². The molecule has 0 N–H and O–H groups in total. The molecule has 4 nitrogen and oxygen atoms in total. The minimum Gasteiger partial charge on any atom is -0.492 e. The summed E-state index contributed by atoms with van der Waals surface area (Å²) in [5, 5.41) is 4.61. The highest BCUT2D eigenvalue weighted by Crippen LogP contribution is 2.33. The largest absolute Gasteiger partial charge is 0.492 e. The molecule has 0 unspecified atom stereocenters. The molecule has 0 bridgehead atoms. The van der Waals surface area contributed by atoms with Gasteiger partial charge in [-0.25, -0.2) is 0 Å². The lowest BCUT2D eigenvalue weighted by atomic mass is 10.1. The van der Waals surface area contributed by atoms with E-state index >= 15 is 0 Å². The Kier molecular flexibility index (Phi) is 11.7. The van der Waals surface area contributed by atoms with Gasteiger partial charge in [0.2, 0.25) is 0 Å². The Morgan fingerprint density at radius 3 is 2.44 bits per heavy atom. The van der Waals surface area contributed by atoms with Crippen LogP contribution in [0.1, 0.15) is 45.6 Å². The fourth-order valence-corrected chi connectivity index (χ4v) is 2.48. The maximum Gasteiger partial charge on any atom is 0.141 e. The highest BCUT2D eigenvalue weighted by molar-refractivity contribution is 6.55.